The summed E-state index contributed by atoms with van der Waals surface area (Å²) in [6.45, 7) is 4.06. The standard InChI is InChI=1S/C13H20N2O/c14-6-10-4-5-16-13(10)9-15-7-11-2-1-3-12(11)8-15/h4-5,11-12H,1-3,6-9,14H2. The Morgan fingerprint density at radius 1 is 1.31 bits per heavy atom. The number of rotatable bonds is 3. The van der Waals surface area contributed by atoms with Crippen molar-refractivity contribution >= 4 is 0 Å². The summed E-state index contributed by atoms with van der Waals surface area (Å²) in [5.74, 6) is 2.98. The number of fused-ring (bicyclic) bond motifs is 1. The molecule has 1 saturated heterocycles. The molecule has 1 aromatic rings. The van der Waals surface area contributed by atoms with Crippen molar-refractivity contribution < 1.29 is 4.42 Å². The molecular weight excluding hydrogens is 200 g/mol. The van der Waals surface area contributed by atoms with Crippen LogP contribution in [-0.4, -0.2) is 18.0 Å². The highest BCUT2D eigenvalue weighted by Crippen LogP contribution is 2.38. The van der Waals surface area contributed by atoms with Gasteiger partial charge < -0.3 is 10.2 Å². The molecule has 1 aliphatic carbocycles. The molecule has 0 aromatic carbocycles. The number of nitrogens with zero attached hydrogens (tertiary/aromatic N) is 1. The molecular formula is C13H20N2O. The maximum Gasteiger partial charge on any atom is 0.122 e. The van der Waals surface area contributed by atoms with Crippen LogP contribution >= 0.6 is 0 Å². The van der Waals surface area contributed by atoms with E-state index in [1.165, 1.54) is 32.4 Å². The molecule has 1 aliphatic heterocycles. The van der Waals surface area contributed by atoms with E-state index in [0.29, 0.717) is 6.54 Å². The van der Waals surface area contributed by atoms with Gasteiger partial charge in [0.25, 0.3) is 0 Å². The van der Waals surface area contributed by atoms with Crippen molar-refractivity contribution in [2.24, 2.45) is 17.6 Å². The Bertz CT molecular complexity index is 349. The number of nitrogens with two attached hydrogens (primary N) is 1. The summed E-state index contributed by atoms with van der Waals surface area (Å²) in [4.78, 5) is 2.53. The highest BCUT2D eigenvalue weighted by molar-refractivity contribution is 5.16. The van der Waals surface area contributed by atoms with E-state index < -0.39 is 0 Å². The van der Waals surface area contributed by atoms with E-state index >= 15 is 0 Å². The Morgan fingerprint density at radius 2 is 2.06 bits per heavy atom. The van der Waals surface area contributed by atoms with E-state index in [1.807, 2.05) is 6.07 Å². The molecule has 16 heavy (non-hydrogen) atoms. The van der Waals surface area contributed by atoms with Crippen LogP contribution in [0.15, 0.2) is 16.7 Å². The summed E-state index contributed by atoms with van der Waals surface area (Å²) < 4.78 is 5.52. The minimum absolute atomic E-state index is 0.590. The van der Waals surface area contributed by atoms with Crippen LogP contribution < -0.4 is 5.73 Å². The fourth-order valence-corrected chi connectivity index (χ4v) is 3.35. The average Bonchev–Trinajstić information content (AvgIpc) is 2.92. The molecule has 0 amide bonds. The fraction of sp³-hybridized carbons (Fsp3) is 0.692. The lowest BCUT2D eigenvalue weighted by molar-refractivity contribution is 0.274. The molecule has 1 saturated carbocycles. The van der Waals surface area contributed by atoms with Crippen LogP contribution in [0.3, 0.4) is 0 Å². The van der Waals surface area contributed by atoms with Crippen molar-refractivity contribution in [2.75, 3.05) is 13.1 Å². The zero-order chi connectivity index (χ0) is 11.0. The normalized spacial score (nSPS) is 29.8. The minimum Gasteiger partial charge on any atom is -0.468 e. The molecule has 2 heterocycles. The van der Waals surface area contributed by atoms with Gasteiger partial charge in [0.05, 0.1) is 12.8 Å². The van der Waals surface area contributed by atoms with E-state index in [1.54, 1.807) is 6.26 Å². The molecule has 2 atom stereocenters. The van der Waals surface area contributed by atoms with Gasteiger partial charge in [-0.25, -0.2) is 0 Å². The zero-order valence-corrected chi connectivity index (χ0v) is 9.69. The maximum atomic E-state index is 5.68. The number of likely N-dealkylation sites (tertiary alicyclic amines) is 1. The van der Waals surface area contributed by atoms with Crippen molar-refractivity contribution in [3.63, 3.8) is 0 Å². The molecule has 2 unspecified atom stereocenters. The molecule has 2 aliphatic rings. The third-order valence-electron chi connectivity index (χ3n) is 4.23. The molecule has 2 N–H and O–H groups in total. The lowest BCUT2D eigenvalue weighted by Crippen LogP contribution is -2.21. The van der Waals surface area contributed by atoms with Gasteiger partial charge in [-0.05, 0) is 30.7 Å². The van der Waals surface area contributed by atoms with Gasteiger partial charge in [-0.15, -0.1) is 0 Å². The monoisotopic (exact) mass is 220 g/mol. The molecule has 88 valence electrons. The lowest BCUT2D eigenvalue weighted by atomic mass is 10.0. The van der Waals surface area contributed by atoms with Crippen LogP contribution in [0.1, 0.15) is 30.6 Å². The highest BCUT2D eigenvalue weighted by Gasteiger charge is 2.36. The maximum absolute atomic E-state index is 5.68. The topological polar surface area (TPSA) is 42.4 Å². The van der Waals surface area contributed by atoms with Crippen molar-refractivity contribution in [3.8, 4) is 0 Å². The second kappa shape index (κ2) is 4.22. The van der Waals surface area contributed by atoms with E-state index in [-0.39, 0.29) is 0 Å². The largest absolute Gasteiger partial charge is 0.468 e. The Kier molecular flexibility index (Phi) is 2.74. The van der Waals surface area contributed by atoms with Crippen molar-refractivity contribution in [1.82, 2.24) is 4.90 Å². The Labute approximate surface area is 96.6 Å². The first-order valence-electron chi connectivity index (χ1n) is 6.34. The van der Waals surface area contributed by atoms with Gasteiger partial charge in [0.15, 0.2) is 0 Å². The highest BCUT2D eigenvalue weighted by atomic mass is 16.3. The SMILES string of the molecule is NCc1ccoc1CN1CC2CCCC2C1. The number of hydrogen-bond acceptors (Lipinski definition) is 3. The molecule has 0 spiro atoms. The van der Waals surface area contributed by atoms with Crippen molar-refractivity contribution in [1.29, 1.82) is 0 Å². The molecule has 3 nitrogen and oxygen atoms in total. The van der Waals surface area contributed by atoms with E-state index in [0.717, 1.165) is 29.7 Å². The quantitative estimate of drug-likeness (QED) is 0.847. The molecule has 3 rings (SSSR count). The van der Waals surface area contributed by atoms with Gasteiger partial charge in [0.2, 0.25) is 0 Å². The molecule has 1 aromatic heterocycles. The van der Waals surface area contributed by atoms with Crippen LogP contribution in [0, 0.1) is 11.8 Å². The van der Waals surface area contributed by atoms with Crippen LogP contribution in [0.2, 0.25) is 0 Å². The van der Waals surface area contributed by atoms with Gasteiger partial charge in [0, 0.05) is 25.2 Å². The van der Waals surface area contributed by atoms with Crippen LogP contribution in [0.5, 0.6) is 0 Å². The van der Waals surface area contributed by atoms with E-state index in [4.69, 9.17) is 10.2 Å². The molecule has 0 radical (unpaired) electrons. The average molecular weight is 220 g/mol. The summed E-state index contributed by atoms with van der Waals surface area (Å²) in [6, 6.07) is 1.99. The van der Waals surface area contributed by atoms with Crippen LogP contribution in [0.4, 0.5) is 0 Å². The predicted molar refractivity (Wildman–Crippen MR) is 62.7 cm³/mol. The predicted octanol–water partition coefficient (Wildman–Crippen LogP) is 1.97. The van der Waals surface area contributed by atoms with Gasteiger partial charge in [0.1, 0.15) is 5.76 Å². The van der Waals surface area contributed by atoms with Crippen LogP contribution in [0.25, 0.3) is 0 Å². The van der Waals surface area contributed by atoms with Gasteiger partial charge in [-0.2, -0.15) is 0 Å². The summed E-state index contributed by atoms with van der Waals surface area (Å²) in [5, 5.41) is 0. The third kappa shape index (κ3) is 1.78. The third-order valence-corrected chi connectivity index (χ3v) is 4.23. The summed E-state index contributed by atoms with van der Waals surface area (Å²) in [6.07, 6.45) is 6.07. The molecule has 3 heteroatoms. The van der Waals surface area contributed by atoms with Gasteiger partial charge >= 0.3 is 0 Å². The first-order valence-corrected chi connectivity index (χ1v) is 6.34. The summed E-state index contributed by atoms with van der Waals surface area (Å²) in [5.41, 5.74) is 6.85. The fourth-order valence-electron chi connectivity index (χ4n) is 3.35. The Balaban J connectivity index is 1.64. The minimum atomic E-state index is 0.590. The van der Waals surface area contributed by atoms with Gasteiger partial charge in [-0.1, -0.05) is 6.42 Å². The smallest absolute Gasteiger partial charge is 0.122 e. The van der Waals surface area contributed by atoms with E-state index in [2.05, 4.69) is 4.90 Å². The van der Waals surface area contributed by atoms with Crippen molar-refractivity contribution in [2.45, 2.75) is 32.4 Å². The van der Waals surface area contributed by atoms with Crippen LogP contribution in [-0.2, 0) is 13.1 Å². The molecule has 2 fully saturated rings. The number of hydrogen-bond donors (Lipinski definition) is 1. The lowest BCUT2D eigenvalue weighted by Gasteiger charge is -2.15. The Morgan fingerprint density at radius 3 is 2.75 bits per heavy atom. The van der Waals surface area contributed by atoms with Crippen molar-refractivity contribution in [3.05, 3.63) is 23.7 Å². The first-order chi connectivity index (χ1) is 7.86. The second-order valence-electron chi connectivity index (χ2n) is 5.22. The molecule has 0 bridgehead atoms. The zero-order valence-electron chi connectivity index (χ0n) is 9.69. The first kappa shape index (κ1) is 10.4. The van der Waals surface area contributed by atoms with Gasteiger partial charge in [-0.3, -0.25) is 4.90 Å². The number of furan rings is 1. The summed E-state index contributed by atoms with van der Waals surface area (Å²) in [7, 11) is 0. The summed E-state index contributed by atoms with van der Waals surface area (Å²) >= 11 is 0. The Hall–Kier alpha value is -0.800. The second-order valence-corrected chi connectivity index (χ2v) is 5.22. The van der Waals surface area contributed by atoms with E-state index in [9.17, 15) is 0 Å².